The molecule has 0 spiro atoms. The second-order valence-corrected chi connectivity index (χ2v) is 4.48. The van der Waals surface area contributed by atoms with Crippen molar-refractivity contribution in [3.05, 3.63) is 0 Å². The molecule has 2 amide bonds. The molecule has 0 aromatic rings. The Kier molecular flexibility index (Phi) is 3.43. The van der Waals surface area contributed by atoms with Gasteiger partial charge in [0.05, 0.1) is 13.1 Å². The number of hydrogen-bond donors (Lipinski definition) is 1. The lowest BCUT2D eigenvalue weighted by atomic mass is 10.2. The lowest BCUT2D eigenvalue weighted by molar-refractivity contribution is -0.150. The van der Waals surface area contributed by atoms with Crippen molar-refractivity contribution in [3.8, 4) is 0 Å². The van der Waals surface area contributed by atoms with Crippen LogP contribution in [0.25, 0.3) is 0 Å². The van der Waals surface area contributed by atoms with E-state index in [-0.39, 0.29) is 24.9 Å². The predicted molar refractivity (Wildman–Crippen MR) is 59.9 cm³/mol. The van der Waals surface area contributed by atoms with Crippen LogP contribution in [-0.4, -0.2) is 60.4 Å². The van der Waals surface area contributed by atoms with Gasteiger partial charge in [0, 0.05) is 19.1 Å². The maximum Gasteiger partial charge on any atom is 0.242 e. The van der Waals surface area contributed by atoms with Gasteiger partial charge < -0.3 is 15.1 Å². The second-order valence-electron chi connectivity index (χ2n) is 4.48. The second kappa shape index (κ2) is 4.82. The zero-order valence-corrected chi connectivity index (χ0v) is 9.74. The third-order valence-corrected chi connectivity index (χ3v) is 3.34. The number of amides is 2. The summed E-state index contributed by atoms with van der Waals surface area (Å²) < 4.78 is 0. The summed E-state index contributed by atoms with van der Waals surface area (Å²) >= 11 is 0. The van der Waals surface area contributed by atoms with Crippen molar-refractivity contribution in [2.45, 2.75) is 25.8 Å². The van der Waals surface area contributed by atoms with Crippen LogP contribution >= 0.6 is 0 Å². The van der Waals surface area contributed by atoms with E-state index in [1.807, 2.05) is 6.92 Å². The maximum atomic E-state index is 11.8. The Morgan fingerprint density at radius 2 is 1.94 bits per heavy atom. The first kappa shape index (κ1) is 11.4. The molecule has 5 nitrogen and oxygen atoms in total. The van der Waals surface area contributed by atoms with E-state index in [4.69, 9.17) is 0 Å². The molecule has 0 saturated carbocycles. The first-order valence-electron chi connectivity index (χ1n) is 5.99. The van der Waals surface area contributed by atoms with Gasteiger partial charge in [0.25, 0.3) is 0 Å². The maximum absolute atomic E-state index is 11.8. The molecule has 0 aromatic heterocycles. The molecule has 2 heterocycles. The molecule has 0 aliphatic carbocycles. The molecule has 1 N–H and O–H groups in total. The molecule has 90 valence electrons. The highest BCUT2D eigenvalue weighted by Crippen LogP contribution is 2.10. The van der Waals surface area contributed by atoms with E-state index in [0.717, 1.165) is 13.0 Å². The summed E-state index contributed by atoms with van der Waals surface area (Å²) in [5.74, 6) is 0.148. The minimum Gasteiger partial charge on any atom is -0.332 e. The average molecular weight is 225 g/mol. The van der Waals surface area contributed by atoms with Crippen LogP contribution < -0.4 is 5.32 Å². The lowest BCUT2D eigenvalue weighted by Gasteiger charge is -2.34. The molecule has 2 rings (SSSR count). The van der Waals surface area contributed by atoms with Crippen LogP contribution in [0.5, 0.6) is 0 Å². The van der Waals surface area contributed by atoms with Gasteiger partial charge >= 0.3 is 0 Å². The predicted octanol–water partition coefficient (Wildman–Crippen LogP) is -0.571. The standard InChI is InChI=1S/C11H19N3O2/c1-2-13-7-11(16)14(8-10(13)15)6-9-4-3-5-12-9/h9,12H,2-8H2,1H3. The van der Waals surface area contributed by atoms with Crippen LogP contribution in [0, 0.1) is 0 Å². The van der Waals surface area contributed by atoms with Crippen molar-refractivity contribution in [2.24, 2.45) is 0 Å². The highest BCUT2D eigenvalue weighted by molar-refractivity contribution is 5.92. The smallest absolute Gasteiger partial charge is 0.242 e. The van der Waals surface area contributed by atoms with E-state index < -0.39 is 0 Å². The highest BCUT2D eigenvalue weighted by atomic mass is 16.2. The Bertz CT molecular complexity index is 287. The van der Waals surface area contributed by atoms with E-state index in [0.29, 0.717) is 19.1 Å². The third-order valence-electron chi connectivity index (χ3n) is 3.34. The molecule has 2 fully saturated rings. The fourth-order valence-electron chi connectivity index (χ4n) is 2.34. The molecule has 2 saturated heterocycles. The van der Waals surface area contributed by atoms with Crippen molar-refractivity contribution in [1.29, 1.82) is 0 Å². The number of piperazine rings is 1. The number of carbonyl (C=O) groups excluding carboxylic acids is 2. The molecule has 1 atom stereocenters. The topological polar surface area (TPSA) is 52.7 Å². The van der Waals surface area contributed by atoms with Gasteiger partial charge in [-0.25, -0.2) is 0 Å². The van der Waals surface area contributed by atoms with Gasteiger partial charge in [-0.05, 0) is 26.3 Å². The molecule has 16 heavy (non-hydrogen) atoms. The van der Waals surface area contributed by atoms with E-state index in [9.17, 15) is 9.59 Å². The SMILES string of the molecule is CCN1CC(=O)N(CC2CCCN2)CC1=O. The first-order chi connectivity index (χ1) is 7.70. The Morgan fingerprint density at radius 1 is 1.25 bits per heavy atom. The van der Waals surface area contributed by atoms with Crippen molar-refractivity contribution < 1.29 is 9.59 Å². The molecular formula is C11H19N3O2. The largest absolute Gasteiger partial charge is 0.332 e. The summed E-state index contributed by atoms with van der Waals surface area (Å²) in [5.41, 5.74) is 0. The summed E-state index contributed by atoms with van der Waals surface area (Å²) in [6, 6.07) is 0.380. The minimum atomic E-state index is 0.0695. The van der Waals surface area contributed by atoms with E-state index in [2.05, 4.69) is 5.32 Å². The summed E-state index contributed by atoms with van der Waals surface area (Å²) in [6.07, 6.45) is 2.27. The average Bonchev–Trinajstić information content (AvgIpc) is 2.75. The fraction of sp³-hybridized carbons (Fsp3) is 0.818. The van der Waals surface area contributed by atoms with Gasteiger partial charge in [-0.1, -0.05) is 0 Å². The molecule has 0 aromatic carbocycles. The lowest BCUT2D eigenvalue weighted by Crippen LogP contribution is -2.55. The van der Waals surface area contributed by atoms with Crippen LogP contribution in [0.15, 0.2) is 0 Å². The molecule has 2 aliphatic rings. The summed E-state index contributed by atoms with van der Waals surface area (Å²) in [6.45, 7) is 4.75. The Balaban J connectivity index is 1.90. The number of rotatable bonds is 3. The number of likely N-dealkylation sites (N-methyl/N-ethyl adjacent to an activating group) is 1. The van der Waals surface area contributed by atoms with Crippen molar-refractivity contribution in [3.63, 3.8) is 0 Å². The van der Waals surface area contributed by atoms with Crippen molar-refractivity contribution >= 4 is 11.8 Å². The summed E-state index contributed by atoms with van der Waals surface area (Å²) in [4.78, 5) is 26.8. The van der Waals surface area contributed by atoms with Crippen LogP contribution in [-0.2, 0) is 9.59 Å². The zero-order valence-electron chi connectivity index (χ0n) is 9.74. The van der Waals surface area contributed by atoms with Gasteiger partial charge in [0.1, 0.15) is 0 Å². The Morgan fingerprint density at radius 3 is 2.56 bits per heavy atom. The van der Waals surface area contributed by atoms with Gasteiger partial charge in [-0.3, -0.25) is 9.59 Å². The highest BCUT2D eigenvalue weighted by Gasteiger charge is 2.30. The van der Waals surface area contributed by atoms with Gasteiger partial charge in [-0.15, -0.1) is 0 Å². The van der Waals surface area contributed by atoms with Gasteiger partial charge in [0.2, 0.25) is 11.8 Å². The van der Waals surface area contributed by atoms with Gasteiger partial charge in [0.15, 0.2) is 0 Å². The Labute approximate surface area is 95.8 Å². The number of carbonyl (C=O) groups is 2. The molecule has 2 aliphatic heterocycles. The monoisotopic (exact) mass is 225 g/mol. The summed E-state index contributed by atoms with van der Waals surface area (Å²) in [7, 11) is 0. The Hall–Kier alpha value is -1.10. The third kappa shape index (κ3) is 2.35. The van der Waals surface area contributed by atoms with Crippen LogP contribution in [0.4, 0.5) is 0 Å². The first-order valence-corrected chi connectivity index (χ1v) is 5.99. The summed E-state index contributed by atoms with van der Waals surface area (Å²) in [5, 5.41) is 3.35. The van der Waals surface area contributed by atoms with Gasteiger partial charge in [-0.2, -0.15) is 0 Å². The van der Waals surface area contributed by atoms with Crippen molar-refractivity contribution in [1.82, 2.24) is 15.1 Å². The fourth-order valence-corrected chi connectivity index (χ4v) is 2.34. The quantitative estimate of drug-likeness (QED) is 0.700. The van der Waals surface area contributed by atoms with Crippen LogP contribution in [0.1, 0.15) is 19.8 Å². The number of hydrogen-bond acceptors (Lipinski definition) is 3. The zero-order chi connectivity index (χ0) is 11.5. The van der Waals surface area contributed by atoms with E-state index >= 15 is 0 Å². The van der Waals surface area contributed by atoms with E-state index in [1.165, 1.54) is 6.42 Å². The van der Waals surface area contributed by atoms with Crippen molar-refractivity contribution in [2.75, 3.05) is 32.7 Å². The number of nitrogens with one attached hydrogen (secondary N) is 1. The molecule has 0 radical (unpaired) electrons. The van der Waals surface area contributed by atoms with Crippen LogP contribution in [0.2, 0.25) is 0 Å². The normalized spacial score (nSPS) is 26.7. The molecule has 1 unspecified atom stereocenters. The minimum absolute atomic E-state index is 0.0695. The molecule has 0 bridgehead atoms. The van der Waals surface area contributed by atoms with Crippen LogP contribution in [0.3, 0.4) is 0 Å². The van der Waals surface area contributed by atoms with E-state index in [1.54, 1.807) is 9.80 Å². The number of nitrogens with zero attached hydrogens (tertiary/aromatic N) is 2. The molecule has 5 heteroatoms. The molecular weight excluding hydrogens is 206 g/mol.